The highest BCUT2D eigenvalue weighted by Crippen LogP contribution is 2.38. The minimum absolute atomic E-state index is 0.107. The number of nitrogens with zero attached hydrogens (tertiary/aromatic N) is 2. The lowest BCUT2D eigenvalue weighted by Gasteiger charge is -2.36. The lowest BCUT2D eigenvalue weighted by Crippen LogP contribution is -2.40. The van der Waals surface area contributed by atoms with Crippen LogP contribution in [-0.2, 0) is 13.0 Å². The Morgan fingerprint density at radius 2 is 1.58 bits per heavy atom. The van der Waals surface area contributed by atoms with Gasteiger partial charge in [0.05, 0.1) is 11.0 Å². The molecule has 1 saturated heterocycles. The monoisotopic (exact) mass is 439 g/mol. The predicted octanol–water partition coefficient (Wildman–Crippen LogP) is 5.39. The molecule has 1 N–H and O–H groups in total. The molecule has 33 heavy (non-hydrogen) atoms. The van der Waals surface area contributed by atoms with Crippen molar-refractivity contribution in [3.63, 3.8) is 0 Å². The van der Waals surface area contributed by atoms with Gasteiger partial charge in [-0.1, -0.05) is 79.7 Å². The summed E-state index contributed by atoms with van der Waals surface area (Å²) in [5.41, 5.74) is 4.75. The van der Waals surface area contributed by atoms with Crippen molar-refractivity contribution in [1.29, 1.82) is 0 Å². The first-order valence-electron chi connectivity index (χ1n) is 12.2. The number of fused-ring (bicyclic) bond motifs is 1. The Morgan fingerprint density at radius 3 is 2.27 bits per heavy atom. The second-order valence-electron chi connectivity index (χ2n) is 9.32. The Bertz CT molecular complexity index is 1240. The molecule has 1 aliphatic rings. The van der Waals surface area contributed by atoms with Crippen molar-refractivity contribution in [2.24, 2.45) is 5.92 Å². The number of hydrogen-bond donors (Lipinski definition) is 1. The zero-order valence-corrected chi connectivity index (χ0v) is 19.4. The van der Waals surface area contributed by atoms with E-state index in [9.17, 15) is 4.79 Å². The minimum Gasteiger partial charge on any atom is -0.316 e. The summed E-state index contributed by atoms with van der Waals surface area (Å²) in [5.74, 6) is 0.655. The summed E-state index contributed by atoms with van der Waals surface area (Å²) >= 11 is 0. The van der Waals surface area contributed by atoms with Crippen LogP contribution in [0, 0.1) is 5.92 Å². The topological polar surface area (TPSA) is 39.0 Å². The second kappa shape index (κ2) is 9.80. The van der Waals surface area contributed by atoms with Crippen molar-refractivity contribution in [2.75, 3.05) is 13.1 Å². The number of benzene rings is 3. The number of imidazole rings is 1. The van der Waals surface area contributed by atoms with Gasteiger partial charge in [-0.05, 0) is 61.5 Å². The summed E-state index contributed by atoms with van der Waals surface area (Å²) in [5, 5.41) is 3.59. The minimum atomic E-state index is 0.107. The summed E-state index contributed by atoms with van der Waals surface area (Å²) in [6.45, 7) is 5.00. The average molecular weight is 440 g/mol. The molecule has 1 fully saturated rings. The SMILES string of the molecule is CC(c1ccccc1)C(C1CCCNC1)n1c(=O)n(CCc2ccccc2)c2ccccc21. The van der Waals surface area contributed by atoms with Crippen molar-refractivity contribution in [2.45, 2.75) is 44.7 Å². The van der Waals surface area contributed by atoms with E-state index in [-0.39, 0.29) is 17.6 Å². The number of aromatic nitrogens is 2. The first-order chi connectivity index (χ1) is 16.2. The molecule has 170 valence electrons. The van der Waals surface area contributed by atoms with Crippen LogP contribution in [-0.4, -0.2) is 22.2 Å². The molecule has 2 heterocycles. The zero-order valence-electron chi connectivity index (χ0n) is 19.4. The molecule has 4 aromatic rings. The fraction of sp³-hybridized carbons (Fsp3) is 0.345. The van der Waals surface area contributed by atoms with Crippen molar-refractivity contribution in [1.82, 2.24) is 14.5 Å². The Balaban J connectivity index is 1.60. The van der Waals surface area contributed by atoms with Crippen LogP contribution < -0.4 is 11.0 Å². The normalized spacial score (nSPS) is 18.3. The van der Waals surface area contributed by atoms with Crippen LogP contribution in [0.15, 0.2) is 89.7 Å². The third kappa shape index (κ3) is 4.40. The molecule has 4 heteroatoms. The largest absolute Gasteiger partial charge is 0.329 e. The molecule has 3 aromatic carbocycles. The molecule has 1 aromatic heterocycles. The quantitative estimate of drug-likeness (QED) is 0.419. The highest BCUT2D eigenvalue weighted by Gasteiger charge is 2.33. The van der Waals surface area contributed by atoms with Crippen molar-refractivity contribution >= 4 is 11.0 Å². The van der Waals surface area contributed by atoms with Gasteiger partial charge in [-0.15, -0.1) is 0 Å². The lowest BCUT2D eigenvalue weighted by molar-refractivity contribution is 0.235. The van der Waals surface area contributed by atoms with Gasteiger partial charge in [0.1, 0.15) is 0 Å². The molecule has 0 amide bonds. The number of aryl methyl sites for hydroxylation is 2. The van der Waals surface area contributed by atoms with E-state index in [4.69, 9.17) is 0 Å². The molecule has 1 aliphatic heterocycles. The molecule has 0 bridgehead atoms. The van der Waals surface area contributed by atoms with Gasteiger partial charge in [0.15, 0.2) is 0 Å². The number of hydrogen-bond acceptors (Lipinski definition) is 2. The van der Waals surface area contributed by atoms with Gasteiger partial charge in [0.2, 0.25) is 0 Å². The van der Waals surface area contributed by atoms with Gasteiger partial charge in [-0.25, -0.2) is 4.79 Å². The fourth-order valence-electron chi connectivity index (χ4n) is 5.59. The molecular formula is C29H33N3O. The van der Waals surface area contributed by atoms with Crippen molar-refractivity contribution in [3.8, 4) is 0 Å². The molecule has 5 rings (SSSR count). The highest BCUT2D eigenvalue weighted by atomic mass is 16.1. The Hall–Kier alpha value is -3.11. The summed E-state index contributed by atoms with van der Waals surface area (Å²) < 4.78 is 4.11. The smallest absolute Gasteiger partial charge is 0.316 e. The molecule has 3 atom stereocenters. The maximum absolute atomic E-state index is 14.0. The lowest BCUT2D eigenvalue weighted by atomic mass is 9.81. The van der Waals surface area contributed by atoms with Crippen molar-refractivity contribution < 1.29 is 0 Å². The van der Waals surface area contributed by atoms with Gasteiger partial charge in [-0.3, -0.25) is 9.13 Å². The molecule has 4 nitrogen and oxygen atoms in total. The van der Waals surface area contributed by atoms with Gasteiger partial charge >= 0.3 is 5.69 Å². The van der Waals surface area contributed by atoms with E-state index in [1.54, 1.807) is 0 Å². The van der Waals surface area contributed by atoms with Crippen LogP contribution in [0.3, 0.4) is 0 Å². The highest BCUT2D eigenvalue weighted by molar-refractivity contribution is 5.76. The van der Waals surface area contributed by atoms with E-state index in [1.807, 2.05) is 16.7 Å². The van der Waals surface area contributed by atoms with Gasteiger partial charge < -0.3 is 5.32 Å². The predicted molar refractivity (Wildman–Crippen MR) is 136 cm³/mol. The van der Waals surface area contributed by atoms with Crippen LogP contribution in [0.5, 0.6) is 0 Å². The first kappa shape index (κ1) is 21.7. The maximum Gasteiger partial charge on any atom is 0.329 e. The third-order valence-electron chi connectivity index (χ3n) is 7.29. The molecular weight excluding hydrogens is 406 g/mol. The Labute approximate surface area is 195 Å². The Kier molecular flexibility index (Phi) is 6.45. The standard InChI is InChI=1S/C29H33N3O/c1-22(24-13-6-3-7-14-24)28(25-15-10-19-30-21-25)32-27-17-9-8-16-26(27)31(29(32)33)20-18-23-11-4-2-5-12-23/h2-9,11-14,16-17,22,25,28,30H,10,15,18-21H2,1H3. The first-order valence-corrected chi connectivity index (χ1v) is 12.2. The second-order valence-corrected chi connectivity index (χ2v) is 9.32. The summed E-state index contributed by atoms with van der Waals surface area (Å²) in [4.78, 5) is 14.0. The van der Waals surface area contributed by atoms with Gasteiger partial charge in [0.25, 0.3) is 0 Å². The Morgan fingerprint density at radius 1 is 0.909 bits per heavy atom. The summed E-state index contributed by atoms with van der Waals surface area (Å²) in [6.07, 6.45) is 3.15. The van der Waals surface area contributed by atoms with Crippen LogP contribution in [0.2, 0.25) is 0 Å². The van der Waals surface area contributed by atoms with Crippen LogP contribution in [0.1, 0.15) is 42.9 Å². The van der Waals surface area contributed by atoms with E-state index >= 15 is 0 Å². The maximum atomic E-state index is 14.0. The molecule has 0 radical (unpaired) electrons. The van der Waals surface area contributed by atoms with E-state index in [0.29, 0.717) is 12.5 Å². The average Bonchev–Trinajstić information content (AvgIpc) is 3.16. The number of piperidine rings is 1. The molecule has 3 unspecified atom stereocenters. The summed E-state index contributed by atoms with van der Waals surface area (Å²) in [7, 11) is 0. The van der Waals surface area contributed by atoms with Crippen LogP contribution in [0.4, 0.5) is 0 Å². The van der Waals surface area contributed by atoms with E-state index in [1.165, 1.54) is 11.1 Å². The molecule has 0 saturated carbocycles. The molecule has 0 aliphatic carbocycles. The van der Waals surface area contributed by atoms with Crippen LogP contribution >= 0.6 is 0 Å². The fourth-order valence-corrected chi connectivity index (χ4v) is 5.59. The van der Waals surface area contributed by atoms with E-state index in [0.717, 1.165) is 43.4 Å². The van der Waals surface area contributed by atoms with E-state index in [2.05, 4.69) is 89.6 Å². The zero-order chi connectivity index (χ0) is 22.6. The summed E-state index contributed by atoms with van der Waals surface area (Å²) in [6, 6.07) is 29.5. The number of nitrogens with one attached hydrogen (secondary N) is 1. The van der Waals surface area contributed by atoms with Crippen LogP contribution in [0.25, 0.3) is 11.0 Å². The molecule has 0 spiro atoms. The van der Waals surface area contributed by atoms with Crippen molar-refractivity contribution in [3.05, 3.63) is 107 Å². The van der Waals surface area contributed by atoms with Gasteiger partial charge in [-0.2, -0.15) is 0 Å². The van der Waals surface area contributed by atoms with E-state index < -0.39 is 0 Å². The number of para-hydroxylation sites is 2. The third-order valence-corrected chi connectivity index (χ3v) is 7.29. The van der Waals surface area contributed by atoms with Gasteiger partial charge in [0, 0.05) is 18.5 Å². The number of rotatable bonds is 7.